The Morgan fingerprint density at radius 1 is 0.950 bits per heavy atom. The maximum Gasteiger partial charge on any atom is 0.163 e. The third kappa shape index (κ3) is 1.68. The zero-order valence-corrected chi connectivity index (χ0v) is 11.5. The summed E-state index contributed by atoms with van der Waals surface area (Å²) in [5.41, 5.74) is 6.92. The van der Waals surface area contributed by atoms with Crippen LogP contribution in [-0.2, 0) is 13.0 Å². The Kier molecular flexibility index (Phi) is 2.46. The molecule has 2 aromatic rings. The van der Waals surface area contributed by atoms with E-state index in [2.05, 4.69) is 31.2 Å². The molecule has 1 aliphatic heterocycles. The number of hydrogen-bond donors (Lipinski definition) is 0. The Hall–Kier alpha value is -2.09. The van der Waals surface area contributed by atoms with Gasteiger partial charge in [0.15, 0.2) is 5.78 Å². The summed E-state index contributed by atoms with van der Waals surface area (Å²) in [6.07, 6.45) is 2.63. The van der Waals surface area contributed by atoms with Gasteiger partial charge in [-0.15, -0.1) is 0 Å². The fourth-order valence-corrected chi connectivity index (χ4v) is 3.26. The number of carbonyl (C=O) groups excluding carboxylic acids is 1. The molecule has 2 aromatic carbocycles. The first-order valence-electron chi connectivity index (χ1n) is 7.15. The topological polar surface area (TPSA) is 26.3 Å². The van der Waals surface area contributed by atoms with Crippen molar-refractivity contribution in [3.8, 4) is 16.9 Å². The number of aryl methyl sites for hydroxylation is 2. The minimum absolute atomic E-state index is 0.257. The third-order valence-corrected chi connectivity index (χ3v) is 4.29. The number of Topliss-reactive ketones (excluding diaryl/α,β-unsaturated/α-hetero) is 1. The summed E-state index contributed by atoms with van der Waals surface area (Å²) >= 11 is 0. The predicted molar refractivity (Wildman–Crippen MR) is 78.2 cm³/mol. The van der Waals surface area contributed by atoms with E-state index in [1.165, 1.54) is 22.3 Å². The van der Waals surface area contributed by atoms with Crippen LogP contribution in [-0.4, -0.2) is 5.78 Å². The lowest BCUT2D eigenvalue weighted by Gasteiger charge is -2.24. The molecule has 2 heteroatoms. The monoisotopic (exact) mass is 264 g/mol. The Bertz CT molecular complexity index is 728. The molecule has 4 rings (SSSR count). The zero-order chi connectivity index (χ0) is 13.7. The van der Waals surface area contributed by atoms with Gasteiger partial charge in [-0.1, -0.05) is 23.8 Å². The molecule has 1 heterocycles. The molecule has 0 amide bonds. The molecule has 0 saturated heterocycles. The average Bonchev–Trinajstić information content (AvgIpc) is 2.45. The molecule has 0 atom stereocenters. The van der Waals surface area contributed by atoms with Gasteiger partial charge in [-0.25, -0.2) is 0 Å². The normalized spacial score (nSPS) is 15.9. The van der Waals surface area contributed by atoms with E-state index < -0.39 is 0 Å². The number of hydrogen-bond acceptors (Lipinski definition) is 2. The molecule has 0 bridgehead atoms. The molecule has 1 aliphatic carbocycles. The molecular formula is C18H16O2. The lowest BCUT2D eigenvalue weighted by atomic mass is 9.86. The van der Waals surface area contributed by atoms with Crippen LogP contribution in [0.5, 0.6) is 5.75 Å². The fraction of sp³-hybridized carbons (Fsp3) is 0.278. The smallest absolute Gasteiger partial charge is 0.163 e. The summed E-state index contributed by atoms with van der Waals surface area (Å²) in [6.45, 7) is 2.69. The highest BCUT2D eigenvalue weighted by Gasteiger charge is 2.24. The molecule has 2 aliphatic rings. The van der Waals surface area contributed by atoms with Crippen LogP contribution in [0.25, 0.3) is 11.1 Å². The number of rotatable bonds is 0. The lowest BCUT2D eigenvalue weighted by molar-refractivity contribution is 0.0972. The first-order chi connectivity index (χ1) is 9.72. The molecule has 0 radical (unpaired) electrons. The van der Waals surface area contributed by atoms with E-state index in [4.69, 9.17) is 4.74 Å². The number of benzene rings is 2. The molecule has 0 fully saturated rings. The summed E-state index contributed by atoms with van der Waals surface area (Å²) in [6, 6.07) is 10.6. The minimum atomic E-state index is 0.257. The summed E-state index contributed by atoms with van der Waals surface area (Å²) in [4.78, 5) is 12.0. The molecule has 100 valence electrons. The summed E-state index contributed by atoms with van der Waals surface area (Å²) < 4.78 is 5.87. The highest BCUT2D eigenvalue weighted by Crippen LogP contribution is 2.41. The molecule has 20 heavy (non-hydrogen) atoms. The van der Waals surface area contributed by atoms with Crippen LogP contribution in [0.3, 0.4) is 0 Å². The third-order valence-electron chi connectivity index (χ3n) is 4.29. The number of carbonyl (C=O) groups is 1. The van der Waals surface area contributed by atoms with Gasteiger partial charge < -0.3 is 4.74 Å². The lowest BCUT2D eigenvalue weighted by Crippen LogP contribution is -2.13. The van der Waals surface area contributed by atoms with Crippen molar-refractivity contribution in [2.75, 3.05) is 0 Å². The Balaban J connectivity index is 1.93. The van der Waals surface area contributed by atoms with Gasteiger partial charge >= 0.3 is 0 Å². The van der Waals surface area contributed by atoms with E-state index in [1.807, 2.05) is 6.07 Å². The van der Waals surface area contributed by atoms with E-state index in [0.717, 1.165) is 29.7 Å². The van der Waals surface area contributed by atoms with Gasteiger partial charge in [0.2, 0.25) is 0 Å². The largest absolute Gasteiger partial charge is 0.488 e. The second kappa shape index (κ2) is 4.20. The highest BCUT2D eigenvalue weighted by atomic mass is 16.5. The van der Waals surface area contributed by atoms with E-state index in [9.17, 15) is 4.79 Å². The van der Waals surface area contributed by atoms with E-state index in [0.29, 0.717) is 13.0 Å². The summed E-state index contributed by atoms with van der Waals surface area (Å²) in [7, 11) is 0. The van der Waals surface area contributed by atoms with Crippen molar-refractivity contribution in [1.82, 2.24) is 0 Å². The van der Waals surface area contributed by atoms with Crippen molar-refractivity contribution in [2.45, 2.75) is 32.8 Å². The van der Waals surface area contributed by atoms with Crippen molar-refractivity contribution in [2.24, 2.45) is 0 Å². The molecule has 0 aromatic heterocycles. The SMILES string of the molecule is Cc1ccc2c(c1)COc1cc3c(cc1-2)CCCC3=O. The average molecular weight is 264 g/mol. The van der Waals surface area contributed by atoms with Crippen molar-refractivity contribution in [3.05, 3.63) is 52.6 Å². The van der Waals surface area contributed by atoms with Gasteiger partial charge in [0, 0.05) is 17.5 Å². The molecule has 0 unspecified atom stereocenters. The van der Waals surface area contributed by atoms with Gasteiger partial charge in [0.25, 0.3) is 0 Å². The Morgan fingerprint density at radius 2 is 1.85 bits per heavy atom. The quantitative estimate of drug-likeness (QED) is 0.717. The molecular weight excluding hydrogens is 248 g/mol. The Morgan fingerprint density at radius 3 is 2.75 bits per heavy atom. The van der Waals surface area contributed by atoms with Crippen LogP contribution in [0.1, 0.15) is 39.9 Å². The Labute approximate surface area is 118 Å². The second-order valence-corrected chi connectivity index (χ2v) is 5.73. The summed E-state index contributed by atoms with van der Waals surface area (Å²) in [5.74, 6) is 1.11. The van der Waals surface area contributed by atoms with Gasteiger partial charge in [-0.05, 0) is 48.6 Å². The van der Waals surface area contributed by atoms with Crippen LogP contribution in [0, 0.1) is 6.92 Å². The molecule has 2 nitrogen and oxygen atoms in total. The fourth-order valence-electron chi connectivity index (χ4n) is 3.26. The maximum atomic E-state index is 12.0. The highest BCUT2D eigenvalue weighted by molar-refractivity contribution is 6.00. The number of ether oxygens (including phenoxy) is 1. The van der Waals surface area contributed by atoms with Crippen LogP contribution in [0.15, 0.2) is 30.3 Å². The van der Waals surface area contributed by atoms with Crippen LogP contribution >= 0.6 is 0 Å². The first kappa shape index (κ1) is 11.7. The van der Waals surface area contributed by atoms with Crippen molar-refractivity contribution < 1.29 is 9.53 Å². The number of ketones is 1. The molecule has 0 saturated carbocycles. The van der Waals surface area contributed by atoms with Gasteiger partial charge in [-0.2, -0.15) is 0 Å². The van der Waals surface area contributed by atoms with Crippen molar-refractivity contribution in [3.63, 3.8) is 0 Å². The second-order valence-electron chi connectivity index (χ2n) is 5.73. The van der Waals surface area contributed by atoms with E-state index in [1.54, 1.807) is 0 Å². The number of fused-ring (bicyclic) bond motifs is 4. The minimum Gasteiger partial charge on any atom is -0.488 e. The van der Waals surface area contributed by atoms with Crippen LogP contribution < -0.4 is 4.74 Å². The van der Waals surface area contributed by atoms with Crippen LogP contribution in [0.4, 0.5) is 0 Å². The summed E-state index contributed by atoms with van der Waals surface area (Å²) in [5, 5.41) is 0. The van der Waals surface area contributed by atoms with E-state index >= 15 is 0 Å². The van der Waals surface area contributed by atoms with Gasteiger partial charge in [-0.3, -0.25) is 4.79 Å². The standard InChI is InChI=1S/C18H16O2/c1-11-5-6-14-13(7-11)10-20-18-9-15-12(8-16(14)18)3-2-4-17(15)19/h5-9H,2-4,10H2,1H3. The van der Waals surface area contributed by atoms with Crippen LogP contribution in [0.2, 0.25) is 0 Å². The first-order valence-corrected chi connectivity index (χ1v) is 7.15. The molecule has 0 N–H and O–H groups in total. The molecule has 0 spiro atoms. The van der Waals surface area contributed by atoms with Gasteiger partial charge in [0.05, 0.1) is 0 Å². The zero-order valence-electron chi connectivity index (χ0n) is 11.5. The maximum absolute atomic E-state index is 12.0. The van der Waals surface area contributed by atoms with Crippen molar-refractivity contribution >= 4 is 5.78 Å². The van der Waals surface area contributed by atoms with Crippen molar-refractivity contribution in [1.29, 1.82) is 0 Å². The predicted octanol–water partition coefficient (Wildman–Crippen LogP) is 4.07. The van der Waals surface area contributed by atoms with Gasteiger partial charge in [0.1, 0.15) is 12.4 Å². The van der Waals surface area contributed by atoms with E-state index in [-0.39, 0.29) is 5.78 Å².